The number of fused-ring (bicyclic) bond motifs is 1. The van der Waals surface area contributed by atoms with Gasteiger partial charge in [-0.3, -0.25) is 14.0 Å². The van der Waals surface area contributed by atoms with Gasteiger partial charge in [0.25, 0.3) is 5.91 Å². The van der Waals surface area contributed by atoms with Crippen LogP contribution in [0.15, 0.2) is 48.9 Å². The fraction of sp³-hybridized carbons (Fsp3) is 0.387. The number of aliphatic carboxylic acids is 1. The van der Waals surface area contributed by atoms with Crippen molar-refractivity contribution < 1.29 is 32.6 Å². The van der Waals surface area contributed by atoms with Crippen molar-refractivity contribution in [2.45, 2.75) is 52.1 Å². The molecule has 5 rings (SSSR count). The van der Waals surface area contributed by atoms with Crippen molar-refractivity contribution in [3.05, 3.63) is 65.9 Å². The van der Waals surface area contributed by atoms with Crippen LogP contribution in [0.1, 0.15) is 67.7 Å². The lowest BCUT2D eigenvalue weighted by atomic mass is 9.69. The number of pyridine rings is 1. The third-order valence-corrected chi connectivity index (χ3v) is 8.18. The first-order chi connectivity index (χ1) is 20.9. The zero-order valence-corrected chi connectivity index (χ0v) is 24.4. The third-order valence-electron chi connectivity index (χ3n) is 8.18. The highest BCUT2D eigenvalue weighted by Crippen LogP contribution is 2.44. The number of nitrogens with one attached hydrogen (secondary N) is 1. The maximum Gasteiger partial charge on any atom is 0.416 e. The summed E-state index contributed by atoms with van der Waals surface area (Å²) in [5.74, 6) is -0.910. The van der Waals surface area contributed by atoms with Crippen LogP contribution in [-0.4, -0.2) is 42.9 Å². The van der Waals surface area contributed by atoms with Crippen LogP contribution < -0.4 is 15.8 Å². The molecule has 4 aromatic rings. The van der Waals surface area contributed by atoms with Crippen molar-refractivity contribution in [2.75, 3.05) is 17.7 Å². The minimum absolute atomic E-state index is 0.0653. The van der Waals surface area contributed by atoms with Gasteiger partial charge >= 0.3 is 12.1 Å². The number of nitrogens with zero attached hydrogens (tertiary/aromatic N) is 4. The number of imidazole rings is 1. The molecule has 1 aliphatic rings. The number of aromatic nitrogens is 4. The van der Waals surface area contributed by atoms with Crippen LogP contribution in [0.5, 0.6) is 5.75 Å². The van der Waals surface area contributed by atoms with E-state index in [0.717, 1.165) is 31.2 Å². The lowest BCUT2D eigenvalue weighted by Crippen LogP contribution is -2.33. The molecule has 0 unspecified atom stereocenters. The van der Waals surface area contributed by atoms with Crippen LogP contribution in [-0.2, 0) is 11.0 Å². The minimum atomic E-state index is -4.59. The fourth-order valence-corrected chi connectivity index (χ4v) is 6.07. The number of nitrogens with two attached hydrogens (primary N) is 1. The Morgan fingerprint density at radius 2 is 1.93 bits per heavy atom. The van der Waals surface area contributed by atoms with E-state index < -0.39 is 29.5 Å². The van der Waals surface area contributed by atoms with Crippen LogP contribution in [0.3, 0.4) is 0 Å². The summed E-state index contributed by atoms with van der Waals surface area (Å²) in [5, 5.41) is 12.4. The van der Waals surface area contributed by atoms with Crippen molar-refractivity contribution in [3.63, 3.8) is 0 Å². The van der Waals surface area contributed by atoms with Gasteiger partial charge in [-0.05, 0) is 68.4 Å². The van der Waals surface area contributed by atoms with Crippen molar-refractivity contribution >= 4 is 29.0 Å². The van der Waals surface area contributed by atoms with Crippen molar-refractivity contribution in [1.82, 2.24) is 19.4 Å². The second-order valence-electron chi connectivity index (χ2n) is 11.2. The van der Waals surface area contributed by atoms with Gasteiger partial charge in [0, 0.05) is 35.6 Å². The lowest BCUT2D eigenvalue weighted by Gasteiger charge is -2.35. The van der Waals surface area contributed by atoms with E-state index in [-0.39, 0.29) is 41.6 Å². The number of carboxylic acid groups (broad SMARTS) is 1. The van der Waals surface area contributed by atoms with Gasteiger partial charge in [-0.1, -0.05) is 13.8 Å². The highest BCUT2D eigenvalue weighted by molar-refractivity contribution is 6.04. The predicted octanol–water partition coefficient (Wildman–Crippen LogP) is 6.28. The van der Waals surface area contributed by atoms with E-state index in [1.165, 1.54) is 12.1 Å². The summed E-state index contributed by atoms with van der Waals surface area (Å²) in [6, 6.07) is 6.20. The number of nitrogen functional groups attached to an aromatic ring is 1. The van der Waals surface area contributed by atoms with E-state index in [2.05, 4.69) is 15.3 Å². The Morgan fingerprint density at radius 3 is 2.61 bits per heavy atom. The normalized spacial score (nSPS) is 18.8. The molecule has 0 saturated heterocycles. The van der Waals surface area contributed by atoms with Gasteiger partial charge in [0.15, 0.2) is 0 Å². The topological polar surface area (TPSA) is 145 Å². The van der Waals surface area contributed by atoms with E-state index in [1.807, 2.05) is 18.2 Å². The van der Waals surface area contributed by atoms with E-state index in [1.54, 1.807) is 25.4 Å². The largest absolute Gasteiger partial charge is 0.493 e. The molecular weight excluding hydrogens is 577 g/mol. The summed E-state index contributed by atoms with van der Waals surface area (Å²) in [4.78, 5) is 38.3. The molecule has 1 aliphatic carbocycles. The maximum atomic E-state index is 13.1. The highest BCUT2D eigenvalue weighted by Gasteiger charge is 2.39. The van der Waals surface area contributed by atoms with E-state index in [4.69, 9.17) is 15.5 Å². The molecule has 3 atom stereocenters. The zero-order chi connectivity index (χ0) is 31.8. The van der Waals surface area contributed by atoms with Gasteiger partial charge in [-0.25, -0.2) is 15.0 Å². The Bertz CT molecular complexity index is 1700. The summed E-state index contributed by atoms with van der Waals surface area (Å²) in [6.07, 6.45) is 1.63. The molecule has 0 aliphatic heterocycles. The molecular formula is C31H33F3N6O4. The standard InChI is InChI=1S/C31H33F3N6O4/c1-4-44-23-14-18(29(41)38-24-15-19(9-10-36-24)31(32,33)34)6-8-21(23)25-26-27(35)37-11-12-40(26)28(39-25)17-5-7-20(16(2)3)22(13-17)30(42)43/h6,8-12,14-17,20,22H,4-5,7,13H2,1-3H3,(H2,35,37)(H,42,43)(H,36,38,41)/t17-,20-,22-/m0/s1. The molecule has 0 spiro atoms. The number of anilines is 2. The second-order valence-corrected chi connectivity index (χ2v) is 11.2. The second kappa shape index (κ2) is 12.1. The van der Waals surface area contributed by atoms with Gasteiger partial charge in [-0.15, -0.1) is 0 Å². The molecule has 1 fully saturated rings. The molecule has 3 heterocycles. The first-order valence-electron chi connectivity index (χ1n) is 14.4. The Hall–Kier alpha value is -4.68. The summed E-state index contributed by atoms with van der Waals surface area (Å²) < 4.78 is 47.1. The number of benzene rings is 1. The Balaban J connectivity index is 1.52. The highest BCUT2D eigenvalue weighted by atomic mass is 19.4. The summed E-state index contributed by atoms with van der Waals surface area (Å²) in [7, 11) is 0. The molecule has 3 aromatic heterocycles. The number of hydrogen-bond donors (Lipinski definition) is 3. The van der Waals surface area contributed by atoms with Crippen LogP contribution in [0.2, 0.25) is 0 Å². The van der Waals surface area contributed by atoms with Gasteiger partial charge in [-0.2, -0.15) is 13.2 Å². The van der Waals surface area contributed by atoms with Gasteiger partial charge < -0.3 is 20.9 Å². The van der Waals surface area contributed by atoms with Crippen molar-refractivity contribution in [3.8, 4) is 17.0 Å². The molecule has 13 heteroatoms. The molecule has 1 saturated carbocycles. The third kappa shape index (κ3) is 6.03. The summed E-state index contributed by atoms with van der Waals surface area (Å²) in [5.41, 5.74) is 7.04. The monoisotopic (exact) mass is 610 g/mol. The molecule has 4 N–H and O–H groups in total. The van der Waals surface area contributed by atoms with Crippen molar-refractivity contribution in [2.24, 2.45) is 17.8 Å². The number of carboxylic acids is 1. The molecule has 1 aromatic carbocycles. The molecule has 0 bridgehead atoms. The average Bonchev–Trinajstić information content (AvgIpc) is 3.37. The molecule has 1 amide bonds. The number of halogens is 3. The number of carbonyl (C=O) groups is 2. The lowest BCUT2D eigenvalue weighted by molar-refractivity contribution is -0.146. The minimum Gasteiger partial charge on any atom is -0.493 e. The van der Waals surface area contributed by atoms with Gasteiger partial charge in [0.05, 0.1) is 18.1 Å². The number of rotatable bonds is 8. The number of amides is 1. The van der Waals surface area contributed by atoms with Crippen LogP contribution in [0.25, 0.3) is 16.8 Å². The van der Waals surface area contributed by atoms with Crippen LogP contribution >= 0.6 is 0 Å². The number of alkyl halides is 3. The molecule has 232 valence electrons. The first-order valence-corrected chi connectivity index (χ1v) is 14.4. The smallest absolute Gasteiger partial charge is 0.416 e. The first kappa shape index (κ1) is 30.8. The van der Waals surface area contributed by atoms with Crippen molar-refractivity contribution in [1.29, 1.82) is 0 Å². The molecule has 10 nitrogen and oxygen atoms in total. The number of carbonyl (C=O) groups excluding carboxylic acids is 1. The number of ether oxygens (including phenoxy) is 1. The molecule has 0 radical (unpaired) electrons. The predicted molar refractivity (Wildman–Crippen MR) is 157 cm³/mol. The van der Waals surface area contributed by atoms with E-state index in [9.17, 15) is 27.9 Å². The maximum absolute atomic E-state index is 13.1. The summed E-state index contributed by atoms with van der Waals surface area (Å²) in [6.45, 7) is 6.12. The molecule has 44 heavy (non-hydrogen) atoms. The Labute approximate surface area is 251 Å². The quantitative estimate of drug-likeness (QED) is 0.211. The Morgan fingerprint density at radius 1 is 1.16 bits per heavy atom. The van der Waals surface area contributed by atoms with Crippen LogP contribution in [0, 0.1) is 17.8 Å². The average molecular weight is 611 g/mol. The number of hydrogen-bond acceptors (Lipinski definition) is 7. The van der Waals surface area contributed by atoms with Gasteiger partial charge in [0.1, 0.15) is 34.4 Å². The van der Waals surface area contributed by atoms with E-state index >= 15 is 0 Å². The van der Waals surface area contributed by atoms with Crippen LogP contribution in [0.4, 0.5) is 24.8 Å². The fourth-order valence-electron chi connectivity index (χ4n) is 6.07. The SMILES string of the molecule is CCOc1cc(C(=O)Nc2cc(C(F)(F)F)ccn2)ccc1-c1nc([C@H]2CC[C@@H](C(C)C)[C@@H](C(=O)O)C2)n2ccnc(N)c12. The summed E-state index contributed by atoms with van der Waals surface area (Å²) >= 11 is 0. The van der Waals surface area contributed by atoms with E-state index in [0.29, 0.717) is 34.8 Å². The van der Waals surface area contributed by atoms with Gasteiger partial charge in [0.2, 0.25) is 0 Å². The zero-order valence-electron chi connectivity index (χ0n) is 24.4. The Kier molecular flexibility index (Phi) is 8.49.